The van der Waals surface area contributed by atoms with Crippen LogP contribution in [0, 0.1) is 12.3 Å². The summed E-state index contributed by atoms with van der Waals surface area (Å²) >= 11 is 0. The topological polar surface area (TPSA) is 59.8 Å². The molecule has 0 atom stereocenters. The number of amides is 1. The largest absolute Gasteiger partial charge is 0.345 e. The molecular weight excluding hydrogens is 168 g/mol. The van der Waals surface area contributed by atoms with E-state index in [4.69, 9.17) is 6.42 Å². The molecule has 1 aromatic rings. The van der Waals surface area contributed by atoms with Crippen molar-refractivity contribution < 1.29 is 4.79 Å². The van der Waals surface area contributed by atoms with Crippen LogP contribution in [-0.4, -0.2) is 27.4 Å². The van der Waals surface area contributed by atoms with Gasteiger partial charge in [-0.2, -0.15) is 0 Å². The molecule has 0 aliphatic heterocycles. The van der Waals surface area contributed by atoms with Gasteiger partial charge in [-0.05, 0) is 0 Å². The van der Waals surface area contributed by atoms with Gasteiger partial charge >= 0.3 is 0 Å². The van der Waals surface area contributed by atoms with Crippen molar-refractivity contribution in [1.82, 2.24) is 20.3 Å². The number of terminal acetylenes is 1. The fourth-order valence-electron chi connectivity index (χ4n) is 0.806. The lowest BCUT2D eigenvalue weighted by Gasteiger charge is -2.00. The zero-order valence-electron chi connectivity index (χ0n) is 7.10. The summed E-state index contributed by atoms with van der Waals surface area (Å²) in [6, 6.07) is 0. The van der Waals surface area contributed by atoms with Crippen molar-refractivity contribution in [3.8, 4) is 12.3 Å². The van der Waals surface area contributed by atoms with Gasteiger partial charge in [0.05, 0.1) is 19.3 Å². The Kier molecular flexibility index (Phi) is 3.51. The highest BCUT2D eigenvalue weighted by atomic mass is 16.1. The van der Waals surface area contributed by atoms with Crippen LogP contribution in [0.4, 0.5) is 0 Å². The molecule has 0 bridgehead atoms. The van der Waals surface area contributed by atoms with Gasteiger partial charge in [-0.3, -0.25) is 9.48 Å². The molecule has 0 radical (unpaired) electrons. The molecule has 0 aromatic carbocycles. The highest BCUT2D eigenvalue weighted by molar-refractivity contribution is 5.75. The molecule has 1 N–H and O–H groups in total. The van der Waals surface area contributed by atoms with Crippen LogP contribution in [0.25, 0.3) is 0 Å². The van der Waals surface area contributed by atoms with Gasteiger partial charge in [-0.25, -0.2) is 0 Å². The third-order valence-electron chi connectivity index (χ3n) is 1.43. The summed E-state index contributed by atoms with van der Waals surface area (Å²) in [6.07, 6.45) is 8.61. The van der Waals surface area contributed by atoms with Crippen LogP contribution in [0.2, 0.25) is 0 Å². The smallest absolute Gasteiger partial charge is 0.222 e. The van der Waals surface area contributed by atoms with E-state index in [0.29, 0.717) is 13.0 Å². The summed E-state index contributed by atoms with van der Waals surface area (Å²) in [5.41, 5.74) is 0. The van der Waals surface area contributed by atoms with E-state index in [1.165, 1.54) is 0 Å². The molecule has 5 heteroatoms. The average molecular weight is 178 g/mol. The van der Waals surface area contributed by atoms with Crippen LogP contribution in [-0.2, 0) is 11.3 Å². The molecule has 0 saturated carbocycles. The lowest BCUT2D eigenvalue weighted by Crippen LogP contribution is -2.24. The second-order valence-electron chi connectivity index (χ2n) is 2.40. The molecule has 13 heavy (non-hydrogen) atoms. The van der Waals surface area contributed by atoms with Crippen LogP contribution in [0.1, 0.15) is 6.42 Å². The van der Waals surface area contributed by atoms with Crippen LogP contribution >= 0.6 is 0 Å². The fourth-order valence-corrected chi connectivity index (χ4v) is 0.806. The maximum absolute atomic E-state index is 11.0. The molecule has 0 saturated heterocycles. The summed E-state index contributed by atoms with van der Waals surface area (Å²) in [7, 11) is 0. The minimum absolute atomic E-state index is 0.0755. The zero-order valence-corrected chi connectivity index (χ0v) is 7.10. The van der Waals surface area contributed by atoms with E-state index in [1.54, 1.807) is 17.1 Å². The first-order chi connectivity index (χ1) is 6.33. The summed E-state index contributed by atoms with van der Waals surface area (Å²) in [5.74, 6) is 2.25. The highest BCUT2D eigenvalue weighted by Gasteiger charge is 1.99. The van der Waals surface area contributed by atoms with Gasteiger partial charge in [0.1, 0.15) is 0 Å². The number of rotatable bonds is 4. The maximum atomic E-state index is 11.0. The van der Waals surface area contributed by atoms with Crippen molar-refractivity contribution in [2.45, 2.75) is 13.0 Å². The van der Waals surface area contributed by atoms with E-state index in [2.05, 4.69) is 21.5 Å². The summed E-state index contributed by atoms with van der Waals surface area (Å²) in [6.45, 7) is 0.798. The predicted molar refractivity (Wildman–Crippen MR) is 46.5 cm³/mol. The Labute approximate surface area is 76.1 Å². The summed E-state index contributed by atoms with van der Waals surface area (Å²) in [5, 5.41) is 9.88. The van der Waals surface area contributed by atoms with Gasteiger partial charge in [0, 0.05) is 12.6 Å². The van der Waals surface area contributed by atoms with Crippen LogP contribution in [0.15, 0.2) is 12.4 Å². The molecule has 0 unspecified atom stereocenters. The molecule has 0 aliphatic rings. The molecular formula is C8H10N4O. The SMILES string of the molecule is C#CCNC(=O)CCn1ccnn1. The lowest BCUT2D eigenvalue weighted by molar-refractivity contribution is -0.121. The van der Waals surface area contributed by atoms with Gasteiger partial charge in [0.15, 0.2) is 0 Å². The van der Waals surface area contributed by atoms with E-state index in [1.807, 2.05) is 0 Å². The van der Waals surface area contributed by atoms with Crippen molar-refractivity contribution >= 4 is 5.91 Å². The van der Waals surface area contributed by atoms with Crippen molar-refractivity contribution in [2.75, 3.05) is 6.54 Å². The number of nitrogens with zero attached hydrogens (tertiary/aromatic N) is 3. The maximum Gasteiger partial charge on any atom is 0.222 e. The molecule has 1 amide bonds. The van der Waals surface area contributed by atoms with Gasteiger partial charge in [0.25, 0.3) is 0 Å². The van der Waals surface area contributed by atoms with Crippen LogP contribution in [0.5, 0.6) is 0 Å². The Morgan fingerprint density at radius 1 is 1.69 bits per heavy atom. The average Bonchev–Trinajstić information content (AvgIpc) is 2.64. The first-order valence-corrected chi connectivity index (χ1v) is 3.87. The van der Waals surface area contributed by atoms with E-state index in [0.717, 1.165) is 0 Å². The van der Waals surface area contributed by atoms with Gasteiger partial charge in [-0.1, -0.05) is 11.1 Å². The Morgan fingerprint density at radius 3 is 3.15 bits per heavy atom. The first-order valence-electron chi connectivity index (χ1n) is 3.87. The molecule has 68 valence electrons. The second-order valence-corrected chi connectivity index (χ2v) is 2.40. The van der Waals surface area contributed by atoms with Crippen LogP contribution in [0.3, 0.4) is 0 Å². The number of aromatic nitrogens is 3. The molecule has 1 heterocycles. The second kappa shape index (κ2) is 4.93. The van der Waals surface area contributed by atoms with E-state index in [-0.39, 0.29) is 12.5 Å². The van der Waals surface area contributed by atoms with Gasteiger partial charge in [0.2, 0.25) is 5.91 Å². The Hall–Kier alpha value is -1.83. The first kappa shape index (κ1) is 9.26. The highest BCUT2D eigenvalue weighted by Crippen LogP contribution is 1.86. The molecule has 1 rings (SSSR count). The number of aryl methyl sites for hydroxylation is 1. The van der Waals surface area contributed by atoms with Crippen molar-refractivity contribution in [3.05, 3.63) is 12.4 Å². The molecule has 5 nitrogen and oxygen atoms in total. The zero-order chi connectivity index (χ0) is 9.52. The normalized spacial score (nSPS) is 9.15. The molecule has 1 aromatic heterocycles. The number of hydrogen-bond acceptors (Lipinski definition) is 3. The molecule has 0 spiro atoms. The number of carbonyl (C=O) groups excluding carboxylic acids is 1. The summed E-state index contributed by atoms with van der Waals surface area (Å²) < 4.78 is 1.59. The van der Waals surface area contributed by atoms with Gasteiger partial charge in [-0.15, -0.1) is 11.5 Å². The minimum Gasteiger partial charge on any atom is -0.345 e. The number of carbonyl (C=O) groups is 1. The standard InChI is InChI=1S/C8H10N4O/c1-2-4-9-8(13)3-6-12-7-5-10-11-12/h1,5,7H,3-4,6H2,(H,9,13). The molecule has 0 aliphatic carbocycles. The third kappa shape index (κ3) is 3.38. The number of nitrogens with one attached hydrogen (secondary N) is 1. The Bertz CT molecular complexity index is 298. The minimum atomic E-state index is -0.0755. The van der Waals surface area contributed by atoms with Crippen molar-refractivity contribution in [1.29, 1.82) is 0 Å². The van der Waals surface area contributed by atoms with E-state index in [9.17, 15) is 4.79 Å². The van der Waals surface area contributed by atoms with E-state index >= 15 is 0 Å². The predicted octanol–water partition coefficient (Wildman–Crippen LogP) is -0.582. The summed E-state index contributed by atoms with van der Waals surface area (Å²) in [4.78, 5) is 11.0. The monoisotopic (exact) mass is 178 g/mol. The van der Waals surface area contributed by atoms with Crippen LogP contribution < -0.4 is 5.32 Å². The van der Waals surface area contributed by atoms with E-state index < -0.39 is 0 Å². The Morgan fingerprint density at radius 2 is 2.54 bits per heavy atom. The quantitative estimate of drug-likeness (QED) is 0.627. The fraction of sp³-hybridized carbons (Fsp3) is 0.375. The number of hydrogen-bond donors (Lipinski definition) is 1. The van der Waals surface area contributed by atoms with Gasteiger partial charge < -0.3 is 5.32 Å². The Balaban J connectivity index is 2.20. The lowest BCUT2D eigenvalue weighted by atomic mass is 10.4. The molecule has 0 fully saturated rings. The van der Waals surface area contributed by atoms with Crippen molar-refractivity contribution in [2.24, 2.45) is 0 Å². The van der Waals surface area contributed by atoms with Crippen molar-refractivity contribution in [3.63, 3.8) is 0 Å². The third-order valence-corrected chi connectivity index (χ3v) is 1.43.